The molecule has 0 aliphatic carbocycles. The zero-order valence-electron chi connectivity index (χ0n) is 18.8. The summed E-state index contributed by atoms with van der Waals surface area (Å²) < 4.78 is 27.1. The number of nitrogens with two attached hydrogens (primary N) is 1. The number of rotatable bonds is 5. The highest BCUT2D eigenvalue weighted by molar-refractivity contribution is 7.91. The van der Waals surface area contributed by atoms with Crippen LogP contribution in [0, 0.1) is 19.8 Å². The van der Waals surface area contributed by atoms with Crippen molar-refractivity contribution >= 4 is 21.4 Å². The molecule has 1 aromatic carbocycles. The molecule has 0 saturated carbocycles. The quantitative estimate of drug-likeness (QED) is 0.574. The number of sulfonamides is 1. The largest absolute Gasteiger partial charge is 0.303 e. The van der Waals surface area contributed by atoms with E-state index in [2.05, 4.69) is 50.2 Å². The maximum absolute atomic E-state index is 12.4. The van der Waals surface area contributed by atoms with Crippen LogP contribution in [0.4, 0.5) is 0 Å². The van der Waals surface area contributed by atoms with Gasteiger partial charge in [-0.3, -0.25) is 0 Å². The molecule has 0 saturated heterocycles. The minimum atomic E-state index is -3.81. The standard InChI is InChI=1S/C23H31N3O2S2/c1-14(2)12-19-16(4)20(21(29-19)30(24,27)28)18-9-8-17(13-15(18)3)26-11-10-25-22(26)23(5,6)7/h8-11,13-14H,12H2,1-7H3,(H2,24,27,28). The van der Waals surface area contributed by atoms with Gasteiger partial charge in [-0.15, -0.1) is 11.3 Å². The summed E-state index contributed by atoms with van der Waals surface area (Å²) in [7, 11) is -3.81. The molecule has 5 nitrogen and oxygen atoms in total. The predicted octanol–water partition coefficient (Wildman–Crippen LogP) is 5.36. The van der Waals surface area contributed by atoms with Gasteiger partial charge in [-0.1, -0.05) is 40.7 Å². The van der Waals surface area contributed by atoms with E-state index in [1.165, 1.54) is 11.3 Å². The third-order valence-corrected chi connectivity index (χ3v) is 7.91. The van der Waals surface area contributed by atoms with E-state index >= 15 is 0 Å². The average molecular weight is 446 g/mol. The lowest BCUT2D eigenvalue weighted by Gasteiger charge is -2.20. The van der Waals surface area contributed by atoms with Gasteiger partial charge in [-0.05, 0) is 55.0 Å². The first-order valence-electron chi connectivity index (χ1n) is 10.1. The van der Waals surface area contributed by atoms with Gasteiger partial charge in [-0.25, -0.2) is 18.5 Å². The Morgan fingerprint density at radius 1 is 1.20 bits per heavy atom. The van der Waals surface area contributed by atoms with Crippen LogP contribution < -0.4 is 5.14 Å². The lowest BCUT2D eigenvalue weighted by atomic mass is 9.94. The van der Waals surface area contributed by atoms with Crippen molar-refractivity contribution in [3.63, 3.8) is 0 Å². The van der Waals surface area contributed by atoms with Crippen molar-refractivity contribution in [2.75, 3.05) is 0 Å². The van der Waals surface area contributed by atoms with Crippen molar-refractivity contribution in [2.24, 2.45) is 11.1 Å². The van der Waals surface area contributed by atoms with Gasteiger partial charge in [-0.2, -0.15) is 0 Å². The molecule has 0 bridgehead atoms. The molecule has 162 valence electrons. The highest BCUT2D eigenvalue weighted by atomic mass is 32.2. The second-order valence-electron chi connectivity index (χ2n) is 9.33. The summed E-state index contributed by atoms with van der Waals surface area (Å²) in [6.07, 6.45) is 4.60. The first kappa shape index (κ1) is 22.7. The molecule has 0 atom stereocenters. The van der Waals surface area contributed by atoms with Crippen LogP contribution in [0.5, 0.6) is 0 Å². The third-order valence-electron chi connectivity index (χ3n) is 5.13. The fourth-order valence-electron chi connectivity index (χ4n) is 3.75. The molecule has 0 unspecified atom stereocenters. The van der Waals surface area contributed by atoms with E-state index in [1.54, 1.807) is 0 Å². The lowest BCUT2D eigenvalue weighted by molar-refractivity contribution is 0.536. The van der Waals surface area contributed by atoms with Gasteiger partial charge in [0.05, 0.1) is 0 Å². The molecule has 30 heavy (non-hydrogen) atoms. The van der Waals surface area contributed by atoms with E-state index in [9.17, 15) is 8.42 Å². The number of imidazole rings is 1. The fourth-order valence-corrected chi connectivity index (χ4v) is 6.33. The molecule has 0 fully saturated rings. The van der Waals surface area contributed by atoms with E-state index < -0.39 is 10.0 Å². The molecule has 0 spiro atoms. The molecular formula is C23H31N3O2S2. The zero-order chi connectivity index (χ0) is 22.4. The highest BCUT2D eigenvalue weighted by Crippen LogP contribution is 2.41. The highest BCUT2D eigenvalue weighted by Gasteiger charge is 2.26. The third kappa shape index (κ3) is 4.38. The van der Waals surface area contributed by atoms with Crippen molar-refractivity contribution in [3.8, 4) is 16.8 Å². The Labute approximate surface area is 184 Å². The SMILES string of the molecule is Cc1cc(-n2ccnc2C(C)(C)C)ccc1-c1c(S(N)(=O)=O)sc(CC(C)C)c1C. The minimum absolute atomic E-state index is 0.0907. The van der Waals surface area contributed by atoms with Crippen LogP contribution in [0.1, 0.15) is 56.4 Å². The average Bonchev–Trinajstić information content (AvgIpc) is 3.20. The first-order chi connectivity index (χ1) is 13.8. The Morgan fingerprint density at radius 2 is 1.87 bits per heavy atom. The van der Waals surface area contributed by atoms with Gasteiger partial charge in [0.25, 0.3) is 0 Å². The normalized spacial score (nSPS) is 12.7. The fraction of sp³-hybridized carbons (Fsp3) is 0.435. The van der Waals surface area contributed by atoms with Crippen molar-refractivity contribution in [3.05, 3.63) is 52.4 Å². The molecule has 0 radical (unpaired) electrons. The Hall–Kier alpha value is -1.96. The van der Waals surface area contributed by atoms with Crippen LogP contribution in [0.3, 0.4) is 0 Å². The molecule has 7 heteroatoms. The summed E-state index contributed by atoms with van der Waals surface area (Å²) in [4.78, 5) is 5.61. The molecule has 2 N–H and O–H groups in total. The second kappa shape index (κ2) is 7.94. The lowest BCUT2D eigenvalue weighted by Crippen LogP contribution is -2.18. The molecule has 3 aromatic rings. The van der Waals surface area contributed by atoms with Gasteiger partial charge >= 0.3 is 0 Å². The van der Waals surface area contributed by atoms with Crippen molar-refractivity contribution in [1.82, 2.24) is 9.55 Å². The molecule has 0 aliphatic heterocycles. The van der Waals surface area contributed by atoms with Crippen LogP contribution in [-0.4, -0.2) is 18.0 Å². The van der Waals surface area contributed by atoms with E-state index in [-0.39, 0.29) is 9.62 Å². The molecule has 2 aromatic heterocycles. The van der Waals surface area contributed by atoms with Crippen molar-refractivity contribution in [1.29, 1.82) is 0 Å². The molecule has 2 heterocycles. The molecule has 0 aliphatic rings. The topological polar surface area (TPSA) is 78.0 Å². The summed E-state index contributed by atoms with van der Waals surface area (Å²) in [5.74, 6) is 1.41. The summed E-state index contributed by atoms with van der Waals surface area (Å²) in [5, 5.41) is 5.60. The van der Waals surface area contributed by atoms with Gasteiger partial charge in [0.1, 0.15) is 10.0 Å². The summed E-state index contributed by atoms with van der Waals surface area (Å²) >= 11 is 1.30. The summed E-state index contributed by atoms with van der Waals surface area (Å²) in [6.45, 7) is 14.7. The van der Waals surface area contributed by atoms with Crippen LogP contribution in [0.2, 0.25) is 0 Å². The second-order valence-corrected chi connectivity index (χ2v) is 12.2. The molecule has 3 rings (SSSR count). The van der Waals surface area contributed by atoms with Gasteiger partial charge < -0.3 is 4.57 Å². The van der Waals surface area contributed by atoms with Gasteiger partial charge in [0.2, 0.25) is 10.0 Å². The monoisotopic (exact) mass is 445 g/mol. The predicted molar refractivity (Wildman–Crippen MR) is 125 cm³/mol. The zero-order valence-corrected chi connectivity index (χ0v) is 20.4. The number of benzene rings is 1. The first-order valence-corrected chi connectivity index (χ1v) is 12.5. The summed E-state index contributed by atoms with van der Waals surface area (Å²) in [5.41, 5.74) is 4.57. The smallest absolute Gasteiger partial charge is 0.248 e. The number of thiophene rings is 1. The molecule has 0 amide bonds. The maximum atomic E-state index is 12.4. The van der Waals surface area contributed by atoms with Crippen LogP contribution >= 0.6 is 11.3 Å². The van der Waals surface area contributed by atoms with Crippen molar-refractivity contribution < 1.29 is 8.42 Å². The van der Waals surface area contributed by atoms with Crippen molar-refractivity contribution in [2.45, 2.75) is 64.5 Å². The number of aromatic nitrogens is 2. The van der Waals surface area contributed by atoms with E-state index in [0.29, 0.717) is 5.92 Å². The van der Waals surface area contributed by atoms with Gasteiger partial charge in [0.15, 0.2) is 0 Å². The Morgan fingerprint density at radius 3 is 2.40 bits per heavy atom. The maximum Gasteiger partial charge on any atom is 0.248 e. The number of primary sulfonamides is 1. The van der Waals surface area contributed by atoms with Crippen LogP contribution in [0.25, 0.3) is 16.8 Å². The summed E-state index contributed by atoms with van der Waals surface area (Å²) in [6, 6.07) is 6.10. The van der Waals surface area contributed by atoms with E-state index in [4.69, 9.17) is 5.14 Å². The number of aryl methyl sites for hydroxylation is 1. The van der Waals surface area contributed by atoms with Crippen LogP contribution in [0.15, 0.2) is 34.8 Å². The van der Waals surface area contributed by atoms with E-state index in [0.717, 1.165) is 45.1 Å². The number of hydrogen-bond donors (Lipinski definition) is 1. The van der Waals surface area contributed by atoms with Gasteiger partial charge in [0, 0.05) is 33.9 Å². The Kier molecular flexibility index (Phi) is 6.02. The Balaban J connectivity index is 2.17. The Bertz CT molecular complexity index is 1180. The minimum Gasteiger partial charge on any atom is -0.303 e. The van der Waals surface area contributed by atoms with Crippen LogP contribution in [-0.2, 0) is 21.9 Å². The number of hydrogen-bond acceptors (Lipinski definition) is 4. The molecular weight excluding hydrogens is 414 g/mol. The van der Waals surface area contributed by atoms with E-state index in [1.807, 2.05) is 38.4 Å². The number of nitrogens with zero attached hydrogens (tertiary/aromatic N) is 2.